The summed E-state index contributed by atoms with van der Waals surface area (Å²) in [5, 5.41) is 0.874. The Morgan fingerprint density at radius 1 is 1.02 bits per heavy atom. The first-order valence-corrected chi connectivity index (χ1v) is 16.7. The summed E-state index contributed by atoms with van der Waals surface area (Å²) < 4.78 is 54.4. The molecule has 1 saturated heterocycles. The normalized spacial score (nSPS) is 15.3. The molecule has 3 aromatic carbocycles. The van der Waals surface area contributed by atoms with E-state index in [-0.39, 0.29) is 23.1 Å². The van der Waals surface area contributed by atoms with Gasteiger partial charge in [-0.05, 0) is 78.3 Å². The Balaban J connectivity index is 1.43. The average molecular weight is 593 g/mol. The van der Waals surface area contributed by atoms with Crippen LogP contribution in [0, 0.1) is 0 Å². The van der Waals surface area contributed by atoms with Gasteiger partial charge in [0, 0.05) is 31.2 Å². The molecule has 214 valence electrons. The molecule has 0 spiro atoms. The molecule has 4 N–H and O–H groups in total. The fourth-order valence-electron chi connectivity index (χ4n) is 5.42. The van der Waals surface area contributed by atoms with Gasteiger partial charge in [-0.2, -0.15) is 0 Å². The number of H-pyrrole nitrogens is 1. The molecule has 1 aliphatic rings. The second kappa shape index (κ2) is 11.4. The van der Waals surface area contributed by atoms with Gasteiger partial charge in [0.15, 0.2) is 0 Å². The van der Waals surface area contributed by atoms with Crippen LogP contribution in [0.4, 0.5) is 0 Å². The molecule has 0 aliphatic carbocycles. The van der Waals surface area contributed by atoms with Crippen LogP contribution in [-0.4, -0.2) is 58.7 Å². The predicted molar refractivity (Wildman–Crippen MR) is 164 cm³/mol. The average Bonchev–Trinajstić information content (AvgIpc) is 3.40. The first-order chi connectivity index (χ1) is 19.5. The highest BCUT2D eigenvalue weighted by molar-refractivity contribution is 7.89. The van der Waals surface area contributed by atoms with Crippen LogP contribution < -0.4 is 15.9 Å². The number of nitrogens with zero attached hydrogens (tertiary/aromatic N) is 1. The van der Waals surface area contributed by atoms with Gasteiger partial charge in [-0.25, -0.2) is 25.9 Å². The minimum Gasteiger partial charge on any atom is -0.366 e. The van der Waals surface area contributed by atoms with Crippen LogP contribution in [-0.2, 0) is 26.6 Å². The first-order valence-electron chi connectivity index (χ1n) is 13.6. The summed E-state index contributed by atoms with van der Waals surface area (Å²) in [6, 6.07) is 17.9. The van der Waals surface area contributed by atoms with Crippen LogP contribution in [0.25, 0.3) is 22.0 Å². The van der Waals surface area contributed by atoms with Gasteiger partial charge < -0.3 is 10.7 Å². The predicted octanol–water partition coefficient (Wildman–Crippen LogP) is 2.20. The monoisotopic (exact) mass is 592 g/mol. The zero-order valence-electron chi connectivity index (χ0n) is 23.1. The number of piperidine rings is 1. The van der Waals surface area contributed by atoms with Crippen molar-refractivity contribution >= 4 is 50.2 Å². The molecule has 1 aromatic heterocycles. The number of benzene rings is 3. The lowest BCUT2D eigenvalue weighted by atomic mass is 9.88. The van der Waals surface area contributed by atoms with Crippen molar-refractivity contribution in [3.05, 3.63) is 83.6 Å². The molecule has 41 heavy (non-hydrogen) atoms. The number of amides is 1. The van der Waals surface area contributed by atoms with Crippen molar-refractivity contribution in [3.63, 3.8) is 0 Å². The molecular formula is C29H33BN4O5S2. The smallest absolute Gasteiger partial charge is 0.250 e. The van der Waals surface area contributed by atoms with Crippen molar-refractivity contribution in [2.45, 2.75) is 37.1 Å². The van der Waals surface area contributed by atoms with E-state index in [9.17, 15) is 21.6 Å². The maximum atomic E-state index is 12.8. The fraction of sp³-hybridized carbons (Fsp3) is 0.276. The lowest BCUT2D eigenvalue weighted by Gasteiger charge is -2.31. The maximum absolute atomic E-state index is 12.8. The van der Waals surface area contributed by atoms with Crippen molar-refractivity contribution in [1.29, 1.82) is 0 Å². The Labute approximate surface area is 241 Å². The zero-order valence-corrected chi connectivity index (χ0v) is 24.7. The summed E-state index contributed by atoms with van der Waals surface area (Å²) in [7, 11) is -5.01. The minimum atomic E-state index is -3.68. The van der Waals surface area contributed by atoms with Gasteiger partial charge >= 0.3 is 0 Å². The lowest BCUT2D eigenvalue weighted by Crippen LogP contribution is -2.38. The molecule has 0 saturated carbocycles. The summed E-state index contributed by atoms with van der Waals surface area (Å²) >= 11 is 0. The third-order valence-corrected chi connectivity index (χ3v) is 11.1. The molecule has 1 amide bonds. The summed E-state index contributed by atoms with van der Waals surface area (Å²) in [4.78, 5) is 15.9. The van der Waals surface area contributed by atoms with E-state index in [0.29, 0.717) is 37.0 Å². The molecule has 2 heterocycles. The van der Waals surface area contributed by atoms with Crippen molar-refractivity contribution < 1.29 is 21.6 Å². The molecule has 4 aromatic rings. The summed E-state index contributed by atoms with van der Waals surface area (Å²) in [5.74, 6) is -0.343. The van der Waals surface area contributed by atoms with E-state index in [2.05, 4.69) is 9.71 Å². The second-order valence-electron chi connectivity index (χ2n) is 10.5. The van der Waals surface area contributed by atoms with Crippen LogP contribution >= 0.6 is 0 Å². The maximum Gasteiger partial charge on any atom is 0.250 e. The van der Waals surface area contributed by atoms with Crippen LogP contribution in [0.2, 0.25) is 0 Å². The molecule has 0 radical (unpaired) electrons. The molecule has 0 unspecified atom stereocenters. The number of primary amides is 1. The number of carbonyl (C=O) groups excluding carboxylic acids is 1. The van der Waals surface area contributed by atoms with E-state index in [0.717, 1.165) is 33.1 Å². The number of nitrogens with one attached hydrogen (secondary N) is 2. The Kier molecular flexibility index (Phi) is 8.11. The lowest BCUT2D eigenvalue weighted by molar-refractivity contribution is 0.100. The number of sulfonamides is 2. The number of fused-ring (bicyclic) bond motifs is 1. The molecule has 1 fully saturated rings. The van der Waals surface area contributed by atoms with Gasteiger partial charge in [0.1, 0.15) is 7.85 Å². The number of hydrogen-bond acceptors (Lipinski definition) is 5. The molecule has 12 heteroatoms. The SMILES string of the molecule is Bc1ccc(S(=O)(=O)NCc2cccc(-c3cc(C(N)=O)c4[nH]cc(C5CCN(S(=O)(=O)CC)CC5)c4c3)c2)cc1. The van der Waals surface area contributed by atoms with E-state index in [1.165, 1.54) is 0 Å². The number of nitrogens with two attached hydrogens (primary N) is 1. The van der Waals surface area contributed by atoms with E-state index in [4.69, 9.17) is 5.73 Å². The Morgan fingerprint density at radius 2 is 1.73 bits per heavy atom. The van der Waals surface area contributed by atoms with Gasteiger partial charge in [0.2, 0.25) is 20.0 Å². The van der Waals surface area contributed by atoms with Gasteiger partial charge in [0.05, 0.1) is 21.7 Å². The number of hydrogen-bond donors (Lipinski definition) is 3. The largest absolute Gasteiger partial charge is 0.366 e. The first kappa shape index (κ1) is 29.1. The van der Waals surface area contributed by atoms with Gasteiger partial charge in [0.25, 0.3) is 5.91 Å². The van der Waals surface area contributed by atoms with Crippen molar-refractivity contribution in [2.24, 2.45) is 5.73 Å². The molecule has 1 aliphatic heterocycles. The number of aromatic amines is 1. The summed E-state index contributed by atoms with van der Waals surface area (Å²) in [6.45, 7) is 2.67. The zero-order chi connectivity index (χ0) is 29.4. The van der Waals surface area contributed by atoms with Crippen molar-refractivity contribution in [1.82, 2.24) is 14.0 Å². The topological polar surface area (TPSA) is 142 Å². The van der Waals surface area contributed by atoms with Crippen LogP contribution in [0.15, 0.2) is 71.8 Å². The third kappa shape index (κ3) is 6.11. The highest BCUT2D eigenvalue weighted by Gasteiger charge is 2.29. The van der Waals surface area contributed by atoms with Gasteiger partial charge in [-0.15, -0.1) is 0 Å². The molecule has 5 rings (SSSR count). The summed E-state index contributed by atoms with van der Waals surface area (Å²) in [5.41, 5.74) is 11.2. The number of aromatic nitrogens is 1. The number of rotatable bonds is 9. The van der Waals surface area contributed by atoms with E-state index in [1.807, 2.05) is 44.4 Å². The molecule has 9 nitrogen and oxygen atoms in total. The van der Waals surface area contributed by atoms with E-state index < -0.39 is 26.0 Å². The summed E-state index contributed by atoms with van der Waals surface area (Å²) in [6.07, 6.45) is 3.25. The van der Waals surface area contributed by atoms with Crippen LogP contribution in [0.3, 0.4) is 0 Å². The standard InChI is InChI=1S/C29H33BN4O5S2/c1-2-40(36,37)34-12-10-20(11-13-34)27-18-32-28-25(27)15-22(16-26(28)29(31)35)21-5-3-4-19(14-21)17-33-41(38,39)24-8-6-23(30)7-9-24/h3-9,14-16,18,20,32-33H,2,10-13,17,30H2,1H3,(H2,31,35). The van der Waals surface area contributed by atoms with Crippen molar-refractivity contribution in [2.75, 3.05) is 18.8 Å². The van der Waals surface area contributed by atoms with Gasteiger partial charge in [-0.3, -0.25) is 4.79 Å². The quantitative estimate of drug-likeness (QED) is 0.256. The fourth-order valence-corrected chi connectivity index (χ4v) is 7.57. The molecule has 0 bridgehead atoms. The Hall–Kier alpha value is -3.45. The van der Waals surface area contributed by atoms with Crippen LogP contribution in [0.1, 0.15) is 47.2 Å². The molecule has 0 atom stereocenters. The molecular weight excluding hydrogens is 559 g/mol. The minimum absolute atomic E-state index is 0.0859. The van der Waals surface area contributed by atoms with Crippen LogP contribution in [0.5, 0.6) is 0 Å². The Morgan fingerprint density at radius 3 is 2.39 bits per heavy atom. The van der Waals surface area contributed by atoms with Crippen molar-refractivity contribution in [3.8, 4) is 11.1 Å². The highest BCUT2D eigenvalue weighted by Crippen LogP contribution is 2.37. The number of carbonyl (C=O) groups is 1. The van der Waals surface area contributed by atoms with E-state index in [1.54, 1.807) is 41.6 Å². The Bertz CT molecular complexity index is 1810. The third-order valence-electron chi connectivity index (χ3n) is 7.80. The van der Waals surface area contributed by atoms with Gasteiger partial charge in [-0.1, -0.05) is 35.8 Å². The highest BCUT2D eigenvalue weighted by atomic mass is 32.2. The second-order valence-corrected chi connectivity index (χ2v) is 14.5. The van der Waals surface area contributed by atoms with E-state index >= 15 is 0 Å².